The van der Waals surface area contributed by atoms with Gasteiger partial charge in [0.2, 0.25) is 5.91 Å². The fourth-order valence-corrected chi connectivity index (χ4v) is 1.83. The molecular weight excluding hydrogens is 194 g/mol. The lowest BCUT2D eigenvalue weighted by Gasteiger charge is -2.12. The number of anilines is 1. The molecule has 2 atom stereocenters. The molecule has 1 aliphatic heterocycles. The van der Waals surface area contributed by atoms with Crippen molar-refractivity contribution in [1.29, 1.82) is 0 Å². The van der Waals surface area contributed by atoms with Gasteiger partial charge in [-0.3, -0.25) is 10.1 Å². The number of nitrogens with one attached hydrogen (secondary N) is 2. The number of oxazole rings is 1. The topological polar surface area (TPSA) is 67.2 Å². The molecule has 0 radical (unpaired) electrons. The molecule has 15 heavy (non-hydrogen) atoms. The molecule has 1 amide bonds. The molecule has 0 bridgehead atoms. The first-order valence-electron chi connectivity index (χ1n) is 5.13. The molecule has 1 aromatic rings. The number of carbonyl (C=O) groups excluding carboxylic acids is 1. The number of nitrogens with zero attached hydrogens (tertiary/aromatic N) is 1. The third-order valence-electron chi connectivity index (χ3n) is 2.71. The molecule has 2 unspecified atom stereocenters. The van der Waals surface area contributed by atoms with Crippen LogP contribution in [0.2, 0.25) is 0 Å². The van der Waals surface area contributed by atoms with Crippen LogP contribution in [0, 0.1) is 12.8 Å². The summed E-state index contributed by atoms with van der Waals surface area (Å²) in [7, 11) is 0. The van der Waals surface area contributed by atoms with Crippen molar-refractivity contribution >= 4 is 11.9 Å². The lowest BCUT2D eigenvalue weighted by molar-refractivity contribution is -0.120. The van der Waals surface area contributed by atoms with Crippen LogP contribution in [0.4, 0.5) is 6.01 Å². The Kier molecular flexibility index (Phi) is 2.73. The molecule has 1 fully saturated rings. The first kappa shape index (κ1) is 10.2. The molecule has 2 rings (SSSR count). The fourth-order valence-electron chi connectivity index (χ4n) is 1.83. The van der Waals surface area contributed by atoms with Crippen molar-refractivity contribution in [3.05, 3.63) is 12.0 Å². The van der Waals surface area contributed by atoms with Crippen LogP contribution in [0.3, 0.4) is 0 Å². The summed E-state index contributed by atoms with van der Waals surface area (Å²) in [6.45, 7) is 4.72. The van der Waals surface area contributed by atoms with Gasteiger partial charge in [-0.05, 0) is 26.8 Å². The van der Waals surface area contributed by atoms with E-state index < -0.39 is 0 Å². The smallest absolute Gasteiger partial charge is 0.301 e. The van der Waals surface area contributed by atoms with Crippen LogP contribution in [0.25, 0.3) is 0 Å². The van der Waals surface area contributed by atoms with E-state index in [1.165, 1.54) is 6.26 Å². The standard InChI is InChI=1S/C10H15N3O2/c1-6-5-15-10(12-6)13-9(14)8-3-4-11-7(8)2/h5,7-8,11H,3-4H2,1-2H3,(H,12,13,14). The first-order chi connectivity index (χ1) is 7.16. The molecule has 82 valence electrons. The number of hydrogen-bond donors (Lipinski definition) is 2. The van der Waals surface area contributed by atoms with Gasteiger partial charge in [-0.1, -0.05) is 0 Å². The highest BCUT2D eigenvalue weighted by molar-refractivity contribution is 5.91. The van der Waals surface area contributed by atoms with E-state index in [1.54, 1.807) is 0 Å². The number of carbonyl (C=O) groups is 1. The quantitative estimate of drug-likeness (QED) is 0.760. The molecule has 2 heterocycles. The first-order valence-corrected chi connectivity index (χ1v) is 5.13. The van der Waals surface area contributed by atoms with Gasteiger partial charge in [0.25, 0.3) is 0 Å². The Morgan fingerprint density at radius 1 is 1.73 bits per heavy atom. The highest BCUT2D eigenvalue weighted by atomic mass is 16.4. The summed E-state index contributed by atoms with van der Waals surface area (Å²) in [6, 6.07) is 0.512. The van der Waals surface area contributed by atoms with Gasteiger partial charge in [0.05, 0.1) is 11.6 Å². The summed E-state index contributed by atoms with van der Waals surface area (Å²) < 4.78 is 5.07. The maximum absolute atomic E-state index is 11.8. The Bertz CT molecular complexity index is 361. The molecule has 0 spiro atoms. The van der Waals surface area contributed by atoms with Crippen LogP contribution in [0.5, 0.6) is 0 Å². The number of rotatable bonds is 2. The van der Waals surface area contributed by atoms with Gasteiger partial charge in [0, 0.05) is 6.04 Å². The van der Waals surface area contributed by atoms with E-state index in [4.69, 9.17) is 4.42 Å². The second kappa shape index (κ2) is 4.02. The van der Waals surface area contributed by atoms with Crippen LogP contribution in [-0.2, 0) is 4.79 Å². The molecule has 0 aromatic carbocycles. The summed E-state index contributed by atoms with van der Waals surface area (Å²) in [5.41, 5.74) is 0.767. The van der Waals surface area contributed by atoms with Crippen LogP contribution in [0.1, 0.15) is 19.0 Å². The Hall–Kier alpha value is -1.36. The summed E-state index contributed by atoms with van der Waals surface area (Å²) >= 11 is 0. The third-order valence-corrected chi connectivity index (χ3v) is 2.71. The van der Waals surface area contributed by atoms with Crippen LogP contribution in [0.15, 0.2) is 10.7 Å². The summed E-state index contributed by atoms with van der Waals surface area (Å²) in [5.74, 6) is -0.00782. The van der Waals surface area contributed by atoms with Crippen molar-refractivity contribution < 1.29 is 9.21 Å². The molecule has 1 aromatic heterocycles. The van der Waals surface area contributed by atoms with Gasteiger partial charge in [-0.25, -0.2) is 0 Å². The van der Waals surface area contributed by atoms with E-state index in [9.17, 15) is 4.79 Å². The largest absolute Gasteiger partial charge is 0.432 e. The highest BCUT2D eigenvalue weighted by Crippen LogP contribution is 2.17. The predicted molar refractivity (Wildman–Crippen MR) is 55.4 cm³/mol. The van der Waals surface area contributed by atoms with Crippen molar-refractivity contribution in [2.45, 2.75) is 26.3 Å². The average Bonchev–Trinajstić information content (AvgIpc) is 2.75. The highest BCUT2D eigenvalue weighted by Gasteiger charge is 2.29. The Morgan fingerprint density at radius 3 is 3.07 bits per heavy atom. The minimum absolute atomic E-state index is 0.0113. The molecule has 0 aliphatic carbocycles. The second-order valence-electron chi connectivity index (χ2n) is 3.92. The van der Waals surface area contributed by atoms with E-state index in [1.807, 2.05) is 13.8 Å². The lowest BCUT2D eigenvalue weighted by atomic mass is 10.0. The number of amides is 1. The third kappa shape index (κ3) is 2.18. The van der Waals surface area contributed by atoms with Crippen molar-refractivity contribution in [3.63, 3.8) is 0 Å². The molecule has 0 saturated carbocycles. The monoisotopic (exact) mass is 209 g/mol. The van der Waals surface area contributed by atoms with Crippen molar-refractivity contribution in [3.8, 4) is 0 Å². The van der Waals surface area contributed by atoms with Gasteiger partial charge in [0.15, 0.2) is 0 Å². The van der Waals surface area contributed by atoms with Crippen molar-refractivity contribution in [2.24, 2.45) is 5.92 Å². The number of hydrogen-bond acceptors (Lipinski definition) is 4. The van der Waals surface area contributed by atoms with Crippen LogP contribution >= 0.6 is 0 Å². The van der Waals surface area contributed by atoms with E-state index in [2.05, 4.69) is 15.6 Å². The van der Waals surface area contributed by atoms with Gasteiger partial charge in [-0.2, -0.15) is 4.98 Å². The van der Waals surface area contributed by atoms with Gasteiger partial charge < -0.3 is 9.73 Å². The maximum atomic E-state index is 11.8. The van der Waals surface area contributed by atoms with Gasteiger partial charge in [-0.15, -0.1) is 0 Å². The summed E-state index contributed by atoms with van der Waals surface area (Å²) in [4.78, 5) is 15.8. The normalized spacial score (nSPS) is 25.5. The van der Waals surface area contributed by atoms with E-state index in [-0.39, 0.29) is 23.9 Å². The zero-order valence-electron chi connectivity index (χ0n) is 8.91. The number of aromatic nitrogens is 1. The Balaban J connectivity index is 1.97. The number of aryl methyl sites for hydroxylation is 1. The maximum Gasteiger partial charge on any atom is 0.301 e. The second-order valence-corrected chi connectivity index (χ2v) is 3.92. The van der Waals surface area contributed by atoms with Crippen molar-refractivity contribution in [1.82, 2.24) is 10.3 Å². The van der Waals surface area contributed by atoms with E-state index >= 15 is 0 Å². The summed E-state index contributed by atoms with van der Waals surface area (Å²) in [6.07, 6.45) is 2.39. The van der Waals surface area contributed by atoms with Gasteiger partial charge in [0.1, 0.15) is 6.26 Å². The lowest BCUT2D eigenvalue weighted by Crippen LogP contribution is -2.32. The average molecular weight is 209 g/mol. The van der Waals surface area contributed by atoms with Crippen molar-refractivity contribution in [2.75, 3.05) is 11.9 Å². The molecule has 5 nitrogen and oxygen atoms in total. The van der Waals surface area contributed by atoms with E-state index in [0.29, 0.717) is 0 Å². The SMILES string of the molecule is Cc1coc(NC(=O)C2CCNC2C)n1. The molecule has 2 N–H and O–H groups in total. The Labute approximate surface area is 88.3 Å². The zero-order valence-corrected chi connectivity index (χ0v) is 8.91. The molecular formula is C10H15N3O2. The molecule has 1 aliphatic rings. The van der Waals surface area contributed by atoms with Crippen LogP contribution < -0.4 is 10.6 Å². The minimum Gasteiger partial charge on any atom is -0.432 e. The zero-order chi connectivity index (χ0) is 10.8. The minimum atomic E-state index is -0.0191. The predicted octanol–water partition coefficient (Wildman–Crippen LogP) is 0.920. The summed E-state index contributed by atoms with van der Waals surface area (Å²) in [5, 5.41) is 5.91. The molecule has 5 heteroatoms. The molecule has 1 saturated heterocycles. The van der Waals surface area contributed by atoms with Gasteiger partial charge >= 0.3 is 6.01 Å². The van der Waals surface area contributed by atoms with Crippen LogP contribution in [-0.4, -0.2) is 23.5 Å². The van der Waals surface area contributed by atoms with E-state index in [0.717, 1.165) is 18.7 Å². The fraction of sp³-hybridized carbons (Fsp3) is 0.600. The Morgan fingerprint density at radius 2 is 2.53 bits per heavy atom.